The third-order valence-corrected chi connectivity index (χ3v) is 7.21. The number of sulfonamides is 1. The molecule has 1 atom stereocenters. The lowest BCUT2D eigenvalue weighted by molar-refractivity contribution is -0.117. The number of anilines is 1. The highest BCUT2D eigenvalue weighted by atomic mass is 79.9. The number of nitriles is 1. The molecule has 0 saturated carbocycles. The van der Waals surface area contributed by atoms with Crippen molar-refractivity contribution in [3.63, 3.8) is 0 Å². The number of para-hydroxylation sites is 1. The van der Waals surface area contributed by atoms with E-state index in [2.05, 4.69) is 22.0 Å². The number of nitrogens with two attached hydrogens (primary N) is 1. The molecule has 1 saturated heterocycles. The fourth-order valence-corrected chi connectivity index (χ4v) is 4.71. The molecule has 0 bridgehead atoms. The monoisotopic (exact) mass is 545 g/mol. The molecule has 3 aromatic carbocycles. The molecule has 2 N–H and O–H groups in total. The van der Waals surface area contributed by atoms with E-state index in [1.807, 2.05) is 18.2 Å². The standard InChI is InChI=1S/C23H17BrClN3O4S/c24-19-9-4-14(10-21(19)32-23-15(12-26)2-1-3-20(23)25)16-11-22(29)28(13-16)17-5-7-18(8-6-17)33(27,30)31/h1-10,16H,11,13H2,(H2,27,30,31)/t16-/m0/s1. The number of carbonyl (C=O) groups is 1. The first-order valence-corrected chi connectivity index (χ1v) is 12.5. The summed E-state index contributed by atoms with van der Waals surface area (Å²) in [6, 6.07) is 18.4. The van der Waals surface area contributed by atoms with Gasteiger partial charge in [-0.3, -0.25) is 4.79 Å². The second-order valence-electron chi connectivity index (χ2n) is 7.46. The fourth-order valence-electron chi connectivity index (χ4n) is 3.66. The highest BCUT2D eigenvalue weighted by Gasteiger charge is 2.32. The predicted molar refractivity (Wildman–Crippen MR) is 128 cm³/mol. The Balaban J connectivity index is 1.59. The van der Waals surface area contributed by atoms with Crippen LogP contribution in [-0.2, 0) is 14.8 Å². The van der Waals surface area contributed by atoms with Gasteiger partial charge in [-0.25, -0.2) is 13.6 Å². The first-order valence-electron chi connectivity index (χ1n) is 9.76. The van der Waals surface area contributed by atoms with Gasteiger partial charge < -0.3 is 9.64 Å². The summed E-state index contributed by atoms with van der Waals surface area (Å²) in [5.74, 6) is 0.554. The molecule has 168 valence electrons. The van der Waals surface area contributed by atoms with Gasteiger partial charge >= 0.3 is 0 Å². The zero-order chi connectivity index (χ0) is 23.8. The van der Waals surface area contributed by atoms with Gasteiger partial charge in [-0.2, -0.15) is 5.26 Å². The Morgan fingerprint density at radius 3 is 2.55 bits per heavy atom. The number of ether oxygens (including phenoxy) is 1. The maximum atomic E-state index is 12.7. The largest absolute Gasteiger partial charge is 0.453 e. The molecule has 1 amide bonds. The maximum Gasteiger partial charge on any atom is 0.238 e. The number of amides is 1. The number of hydrogen-bond donors (Lipinski definition) is 1. The van der Waals surface area contributed by atoms with E-state index < -0.39 is 10.0 Å². The average molecular weight is 547 g/mol. The fraction of sp³-hybridized carbons (Fsp3) is 0.130. The Kier molecular flexibility index (Phi) is 6.45. The van der Waals surface area contributed by atoms with E-state index in [0.717, 1.165) is 5.56 Å². The smallest absolute Gasteiger partial charge is 0.238 e. The van der Waals surface area contributed by atoms with Gasteiger partial charge in [-0.15, -0.1) is 0 Å². The van der Waals surface area contributed by atoms with E-state index in [1.54, 1.807) is 35.2 Å². The topological polar surface area (TPSA) is 113 Å². The maximum absolute atomic E-state index is 12.7. The van der Waals surface area contributed by atoms with Crippen molar-refractivity contribution in [2.75, 3.05) is 11.4 Å². The van der Waals surface area contributed by atoms with Gasteiger partial charge in [0.15, 0.2) is 5.75 Å². The highest BCUT2D eigenvalue weighted by molar-refractivity contribution is 9.10. The zero-order valence-corrected chi connectivity index (χ0v) is 20.2. The lowest BCUT2D eigenvalue weighted by Crippen LogP contribution is -2.24. The molecule has 3 aromatic rings. The molecule has 0 aromatic heterocycles. The van der Waals surface area contributed by atoms with E-state index in [4.69, 9.17) is 21.5 Å². The second-order valence-corrected chi connectivity index (χ2v) is 10.3. The Bertz CT molecular complexity index is 1390. The molecular formula is C23H17BrClN3O4S. The molecule has 1 fully saturated rings. The molecule has 10 heteroatoms. The number of nitrogens with zero attached hydrogens (tertiary/aromatic N) is 2. The summed E-state index contributed by atoms with van der Waals surface area (Å²) in [6.45, 7) is 0.421. The summed E-state index contributed by atoms with van der Waals surface area (Å²) >= 11 is 9.70. The van der Waals surface area contributed by atoms with Gasteiger partial charge in [0.2, 0.25) is 15.9 Å². The highest BCUT2D eigenvalue weighted by Crippen LogP contribution is 2.39. The lowest BCUT2D eigenvalue weighted by Gasteiger charge is -2.18. The van der Waals surface area contributed by atoms with Crippen molar-refractivity contribution < 1.29 is 17.9 Å². The minimum absolute atomic E-state index is 0.0135. The van der Waals surface area contributed by atoms with Crippen LogP contribution in [0.5, 0.6) is 11.5 Å². The summed E-state index contributed by atoms with van der Waals surface area (Å²) in [5.41, 5.74) is 1.79. The Hall–Kier alpha value is -2.90. The molecule has 1 aliphatic heterocycles. The normalized spacial score (nSPS) is 16.0. The molecule has 4 rings (SSSR count). The van der Waals surface area contributed by atoms with E-state index in [1.165, 1.54) is 12.1 Å². The van der Waals surface area contributed by atoms with E-state index in [9.17, 15) is 18.5 Å². The lowest BCUT2D eigenvalue weighted by atomic mass is 9.98. The van der Waals surface area contributed by atoms with Gasteiger partial charge in [-0.1, -0.05) is 23.7 Å². The van der Waals surface area contributed by atoms with Crippen LogP contribution in [0.1, 0.15) is 23.5 Å². The van der Waals surface area contributed by atoms with Crippen molar-refractivity contribution in [2.45, 2.75) is 17.2 Å². The van der Waals surface area contributed by atoms with Crippen molar-refractivity contribution in [1.82, 2.24) is 0 Å². The van der Waals surface area contributed by atoms with Crippen LogP contribution in [0.25, 0.3) is 0 Å². The zero-order valence-electron chi connectivity index (χ0n) is 17.0. The molecule has 0 aliphatic carbocycles. The summed E-state index contributed by atoms with van der Waals surface area (Å²) in [7, 11) is -3.80. The average Bonchev–Trinajstić information content (AvgIpc) is 3.17. The van der Waals surface area contributed by atoms with Crippen molar-refractivity contribution >= 4 is 49.1 Å². The van der Waals surface area contributed by atoms with Crippen LogP contribution in [-0.4, -0.2) is 20.9 Å². The molecule has 0 spiro atoms. The summed E-state index contributed by atoms with van der Waals surface area (Å²) in [4.78, 5) is 14.3. The number of carbonyl (C=O) groups excluding carboxylic acids is 1. The molecule has 1 heterocycles. The molecular weight excluding hydrogens is 530 g/mol. The quantitative estimate of drug-likeness (QED) is 0.487. The predicted octanol–water partition coefficient (Wildman–Crippen LogP) is 4.93. The molecule has 33 heavy (non-hydrogen) atoms. The van der Waals surface area contributed by atoms with Crippen molar-refractivity contribution in [2.24, 2.45) is 5.14 Å². The second kappa shape index (κ2) is 9.15. The van der Waals surface area contributed by atoms with Crippen LogP contribution in [0.3, 0.4) is 0 Å². The molecule has 7 nitrogen and oxygen atoms in total. The third kappa shape index (κ3) is 4.89. The minimum Gasteiger partial charge on any atom is -0.453 e. The first-order chi connectivity index (χ1) is 15.7. The third-order valence-electron chi connectivity index (χ3n) is 5.33. The molecule has 0 radical (unpaired) electrons. The summed E-state index contributed by atoms with van der Waals surface area (Å²) in [6.07, 6.45) is 0.285. The van der Waals surface area contributed by atoms with E-state index >= 15 is 0 Å². The molecule has 0 unspecified atom stereocenters. The van der Waals surface area contributed by atoms with Gasteiger partial charge in [-0.05, 0) is 70.0 Å². The summed E-state index contributed by atoms with van der Waals surface area (Å²) in [5, 5.41) is 14.8. The van der Waals surface area contributed by atoms with Gasteiger partial charge in [0.1, 0.15) is 11.8 Å². The van der Waals surface area contributed by atoms with Gasteiger partial charge in [0, 0.05) is 24.6 Å². The van der Waals surface area contributed by atoms with Crippen LogP contribution >= 0.6 is 27.5 Å². The number of hydrogen-bond acceptors (Lipinski definition) is 5. The Morgan fingerprint density at radius 2 is 1.88 bits per heavy atom. The first kappa shape index (κ1) is 23.3. The van der Waals surface area contributed by atoms with E-state index in [0.29, 0.717) is 33.0 Å². The number of rotatable bonds is 5. The van der Waals surface area contributed by atoms with Crippen molar-refractivity contribution in [3.05, 3.63) is 81.3 Å². The Labute approximate surface area is 204 Å². The minimum atomic E-state index is -3.80. The van der Waals surface area contributed by atoms with Gasteiger partial charge in [0.25, 0.3) is 0 Å². The van der Waals surface area contributed by atoms with Crippen LogP contribution in [0, 0.1) is 11.3 Å². The van der Waals surface area contributed by atoms with Crippen LogP contribution in [0.15, 0.2) is 70.0 Å². The summed E-state index contributed by atoms with van der Waals surface area (Å²) < 4.78 is 29.6. The number of primary sulfonamides is 1. The van der Waals surface area contributed by atoms with Crippen molar-refractivity contribution in [3.8, 4) is 17.6 Å². The number of benzene rings is 3. The van der Waals surface area contributed by atoms with E-state index in [-0.39, 0.29) is 28.9 Å². The number of halogens is 2. The van der Waals surface area contributed by atoms with Gasteiger partial charge in [0.05, 0.1) is 20.0 Å². The Morgan fingerprint density at radius 1 is 1.15 bits per heavy atom. The van der Waals surface area contributed by atoms with Crippen molar-refractivity contribution in [1.29, 1.82) is 5.26 Å². The van der Waals surface area contributed by atoms with Crippen LogP contribution in [0.4, 0.5) is 5.69 Å². The SMILES string of the molecule is N#Cc1cccc(Cl)c1Oc1cc([C@H]2CC(=O)N(c3ccc(S(N)(=O)=O)cc3)C2)ccc1Br. The van der Waals surface area contributed by atoms with Crippen LogP contribution < -0.4 is 14.8 Å². The van der Waals surface area contributed by atoms with Crippen LogP contribution in [0.2, 0.25) is 5.02 Å². The molecule has 1 aliphatic rings.